The quantitative estimate of drug-likeness (QED) is 0.776. The molecule has 1 saturated heterocycles. The van der Waals surface area contributed by atoms with Crippen molar-refractivity contribution in [3.63, 3.8) is 0 Å². The first-order chi connectivity index (χ1) is 7.51. The Bertz CT molecular complexity index is 302. The van der Waals surface area contributed by atoms with Gasteiger partial charge in [0.1, 0.15) is 12.2 Å². The first-order valence-corrected chi connectivity index (χ1v) is 5.61. The summed E-state index contributed by atoms with van der Waals surface area (Å²) < 4.78 is 13.1. The third-order valence-electron chi connectivity index (χ3n) is 3.22. The van der Waals surface area contributed by atoms with Crippen molar-refractivity contribution in [2.75, 3.05) is 6.54 Å². The third-order valence-corrected chi connectivity index (χ3v) is 3.22. The standard InChI is InChI=1S/C11H18FN3O/c1-3-7(2)10(14)11(16)15-6-8(12)4-9(15)5-13/h7-10H,3-4,6,14H2,1-2H3/t7?,8?,9-,10?/m0/s1. The molecule has 0 radical (unpaired) electrons. The summed E-state index contributed by atoms with van der Waals surface area (Å²) in [5.41, 5.74) is 5.79. The van der Waals surface area contributed by atoms with E-state index in [0.717, 1.165) is 6.42 Å². The van der Waals surface area contributed by atoms with Crippen molar-refractivity contribution in [3.05, 3.63) is 0 Å². The Morgan fingerprint density at radius 3 is 2.88 bits per heavy atom. The average molecular weight is 227 g/mol. The topological polar surface area (TPSA) is 70.1 Å². The smallest absolute Gasteiger partial charge is 0.240 e. The highest BCUT2D eigenvalue weighted by molar-refractivity contribution is 5.83. The summed E-state index contributed by atoms with van der Waals surface area (Å²) in [7, 11) is 0. The van der Waals surface area contributed by atoms with Crippen molar-refractivity contribution in [1.29, 1.82) is 5.26 Å². The van der Waals surface area contributed by atoms with Crippen molar-refractivity contribution < 1.29 is 9.18 Å². The second kappa shape index (κ2) is 5.26. The molecule has 1 aliphatic heterocycles. The van der Waals surface area contributed by atoms with Crippen LogP contribution in [0.1, 0.15) is 26.7 Å². The van der Waals surface area contributed by atoms with Gasteiger partial charge in [-0.15, -0.1) is 0 Å². The van der Waals surface area contributed by atoms with E-state index in [1.54, 1.807) is 0 Å². The number of hydrogen-bond acceptors (Lipinski definition) is 3. The lowest BCUT2D eigenvalue weighted by molar-refractivity contribution is -0.133. The Hall–Kier alpha value is -1.15. The predicted molar refractivity (Wildman–Crippen MR) is 58.1 cm³/mol. The summed E-state index contributed by atoms with van der Waals surface area (Å²) in [6.07, 6.45) is -0.204. The SMILES string of the molecule is CCC(C)C(N)C(=O)N1CC(F)C[C@H]1C#N. The van der Waals surface area contributed by atoms with Crippen molar-refractivity contribution in [2.24, 2.45) is 11.7 Å². The van der Waals surface area contributed by atoms with Crippen LogP contribution in [0.5, 0.6) is 0 Å². The Morgan fingerprint density at radius 2 is 2.38 bits per heavy atom. The lowest BCUT2D eigenvalue weighted by atomic mass is 9.99. The maximum absolute atomic E-state index is 13.1. The fraction of sp³-hybridized carbons (Fsp3) is 0.818. The molecule has 0 bridgehead atoms. The van der Waals surface area contributed by atoms with Crippen molar-refractivity contribution in [3.8, 4) is 6.07 Å². The van der Waals surface area contributed by atoms with Gasteiger partial charge in [0.25, 0.3) is 0 Å². The summed E-state index contributed by atoms with van der Waals surface area (Å²) in [5.74, 6) is -0.258. The van der Waals surface area contributed by atoms with E-state index in [9.17, 15) is 9.18 Å². The van der Waals surface area contributed by atoms with Crippen LogP contribution in [-0.2, 0) is 4.79 Å². The molecule has 3 unspecified atom stereocenters. The minimum absolute atomic E-state index is 0.00118. The molecule has 1 aliphatic rings. The number of rotatable bonds is 3. The number of hydrogen-bond donors (Lipinski definition) is 1. The monoisotopic (exact) mass is 227 g/mol. The van der Waals surface area contributed by atoms with Gasteiger partial charge in [-0.2, -0.15) is 5.26 Å². The van der Waals surface area contributed by atoms with Crippen LogP contribution in [-0.4, -0.2) is 35.6 Å². The average Bonchev–Trinajstić information content (AvgIpc) is 2.67. The number of carbonyl (C=O) groups is 1. The molecule has 0 aromatic heterocycles. The number of alkyl halides is 1. The molecule has 1 heterocycles. The van der Waals surface area contributed by atoms with Crippen LogP contribution in [0.2, 0.25) is 0 Å². The lowest BCUT2D eigenvalue weighted by Crippen LogP contribution is -2.48. The zero-order chi connectivity index (χ0) is 12.3. The van der Waals surface area contributed by atoms with Crippen LogP contribution in [0.4, 0.5) is 4.39 Å². The normalized spacial score (nSPS) is 28.6. The number of amides is 1. The minimum Gasteiger partial charge on any atom is -0.322 e. The summed E-state index contributed by atoms with van der Waals surface area (Å²) in [6.45, 7) is 3.83. The van der Waals surface area contributed by atoms with E-state index in [4.69, 9.17) is 11.0 Å². The molecule has 0 spiro atoms. The Labute approximate surface area is 95.2 Å². The molecule has 0 aromatic carbocycles. The highest BCUT2D eigenvalue weighted by Crippen LogP contribution is 2.22. The van der Waals surface area contributed by atoms with Crippen LogP contribution in [0.15, 0.2) is 0 Å². The van der Waals surface area contributed by atoms with Crippen LogP contribution in [0.3, 0.4) is 0 Å². The number of likely N-dealkylation sites (tertiary alicyclic amines) is 1. The molecule has 0 saturated carbocycles. The molecule has 5 heteroatoms. The molecule has 1 fully saturated rings. The van der Waals surface area contributed by atoms with Crippen LogP contribution < -0.4 is 5.73 Å². The Balaban J connectivity index is 2.70. The van der Waals surface area contributed by atoms with Gasteiger partial charge < -0.3 is 10.6 Å². The van der Waals surface area contributed by atoms with Gasteiger partial charge in [0, 0.05) is 6.42 Å². The summed E-state index contributed by atoms with van der Waals surface area (Å²) in [5, 5.41) is 8.83. The van der Waals surface area contributed by atoms with Gasteiger partial charge in [-0.3, -0.25) is 4.79 Å². The van der Waals surface area contributed by atoms with E-state index in [-0.39, 0.29) is 24.8 Å². The molecular weight excluding hydrogens is 209 g/mol. The fourth-order valence-corrected chi connectivity index (χ4v) is 1.84. The highest BCUT2D eigenvalue weighted by atomic mass is 19.1. The molecular formula is C11H18FN3O. The summed E-state index contributed by atoms with van der Waals surface area (Å²) in [6, 6.07) is 0.658. The van der Waals surface area contributed by atoms with E-state index < -0.39 is 18.3 Å². The molecule has 0 aliphatic carbocycles. The molecule has 0 aromatic rings. The van der Waals surface area contributed by atoms with Crippen molar-refractivity contribution >= 4 is 5.91 Å². The minimum atomic E-state index is -1.10. The van der Waals surface area contributed by atoms with Gasteiger partial charge >= 0.3 is 0 Å². The number of nitriles is 1. The van der Waals surface area contributed by atoms with Gasteiger partial charge in [0.05, 0.1) is 18.7 Å². The molecule has 2 N–H and O–H groups in total. The van der Waals surface area contributed by atoms with Crippen LogP contribution in [0, 0.1) is 17.2 Å². The van der Waals surface area contributed by atoms with E-state index in [1.807, 2.05) is 19.9 Å². The zero-order valence-electron chi connectivity index (χ0n) is 9.69. The van der Waals surface area contributed by atoms with Gasteiger partial charge in [0.2, 0.25) is 5.91 Å². The molecule has 1 rings (SSSR count). The van der Waals surface area contributed by atoms with Gasteiger partial charge in [-0.05, 0) is 5.92 Å². The first kappa shape index (κ1) is 12.9. The fourth-order valence-electron chi connectivity index (χ4n) is 1.84. The number of nitrogens with two attached hydrogens (primary N) is 1. The second-order valence-electron chi connectivity index (χ2n) is 4.38. The van der Waals surface area contributed by atoms with Gasteiger partial charge in [0.15, 0.2) is 0 Å². The number of carbonyl (C=O) groups excluding carboxylic acids is 1. The number of halogens is 1. The highest BCUT2D eigenvalue weighted by Gasteiger charge is 2.38. The molecule has 16 heavy (non-hydrogen) atoms. The largest absolute Gasteiger partial charge is 0.322 e. The van der Waals surface area contributed by atoms with Gasteiger partial charge in [-0.25, -0.2) is 4.39 Å². The maximum atomic E-state index is 13.1. The van der Waals surface area contributed by atoms with Gasteiger partial charge in [-0.1, -0.05) is 20.3 Å². The molecule has 4 atom stereocenters. The first-order valence-electron chi connectivity index (χ1n) is 5.61. The Morgan fingerprint density at radius 1 is 1.75 bits per heavy atom. The maximum Gasteiger partial charge on any atom is 0.240 e. The van der Waals surface area contributed by atoms with Crippen molar-refractivity contribution in [2.45, 2.75) is 44.9 Å². The van der Waals surface area contributed by atoms with Crippen LogP contribution >= 0.6 is 0 Å². The zero-order valence-corrected chi connectivity index (χ0v) is 9.69. The van der Waals surface area contributed by atoms with E-state index in [0.29, 0.717) is 0 Å². The van der Waals surface area contributed by atoms with E-state index in [2.05, 4.69) is 0 Å². The molecule has 4 nitrogen and oxygen atoms in total. The van der Waals surface area contributed by atoms with E-state index in [1.165, 1.54) is 4.90 Å². The summed E-state index contributed by atoms with van der Waals surface area (Å²) in [4.78, 5) is 13.2. The number of nitrogens with zero attached hydrogens (tertiary/aromatic N) is 2. The predicted octanol–water partition coefficient (Wildman–Crippen LogP) is 0.822. The molecule has 1 amide bonds. The van der Waals surface area contributed by atoms with Crippen LogP contribution in [0.25, 0.3) is 0 Å². The third kappa shape index (κ3) is 2.50. The molecule has 90 valence electrons. The second-order valence-corrected chi connectivity index (χ2v) is 4.38. The van der Waals surface area contributed by atoms with E-state index >= 15 is 0 Å². The summed E-state index contributed by atoms with van der Waals surface area (Å²) >= 11 is 0. The Kier molecular flexibility index (Phi) is 4.25. The van der Waals surface area contributed by atoms with Crippen molar-refractivity contribution in [1.82, 2.24) is 4.90 Å². The lowest BCUT2D eigenvalue weighted by Gasteiger charge is -2.25.